The molecule has 2 aromatic heterocycles. The molecule has 0 unspecified atom stereocenters. The molecule has 5 rings (SSSR count). The van der Waals surface area contributed by atoms with Crippen molar-refractivity contribution in [1.29, 1.82) is 0 Å². The van der Waals surface area contributed by atoms with Crippen molar-refractivity contribution in [2.24, 2.45) is 10.8 Å². The summed E-state index contributed by atoms with van der Waals surface area (Å²) >= 11 is 0. The first-order valence-electron chi connectivity index (χ1n) is 11.7. The third kappa shape index (κ3) is 3.45. The Bertz CT molecular complexity index is 971. The highest BCUT2D eigenvalue weighted by atomic mass is 16.2. The zero-order valence-electron chi connectivity index (χ0n) is 19.1. The quantitative estimate of drug-likeness (QED) is 0.741. The van der Waals surface area contributed by atoms with Gasteiger partial charge in [0.15, 0.2) is 5.69 Å². The molecule has 2 aliphatic heterocycles. The van der Waals surface area contributed by atoms with Gasteiger partial charge in [0.05, 0.1) is 5.69 Å². The number of carbonyl (C=O) groups is 1. The minimum atomic E-state index is 0.126. The SMILES string of the molecule is Cc1cccn2c(CN3C[C@@]4(C)C[C@H]3CC(C)(C)C4)c(C(=O)N3CCCCC3)nc12. The van der Waals surface area contributed by atoms with Crippen LogP contribution < -0.4 is 0 Å². The summed E-state index contributed by atoms with van der Waals surface area (Å²) in [6, 6.07) is 4.77. The van der Waals surface area contributed by atoms with Gasteiger partial charge in [-0.1, -0.05) is 26.8 Å². The van der Waals surface area contributed by atoms with E-state index in [0.29, 0.717) is 22.6 Å². The van der Waals surface area contributed by atoms with Crippen LogP contribution in [-0.4, -0.2) is 50.8 Å². The average molecular weight is 409 g/mol. The van der Waals surface area contributed by atoms with Crippen LogP contribution in [0.15, 0.2) is 18.3 Å². The topological polar surface area (TPSA) is 40.9 Å². The normalized spacial score (nSPS) is 28.9. The predicted molar refractivity (Wildman–Crippen MR) is 120 cm³/mol. The monoisotopic (exact) mass is 408 g/mol. The standard InChI is InChI=1S/C25H36N4O/c1-18-9-8-12-29-20(15-28-17-25(4)14-19(28)13-24(2,3)16-25)21(26-22(18)29)23(30)27-10-6-5-7-11-27/h8-9,12,19H,5-7,10-11,13-17H2,1-4H3/t19-,25+/m1/s1. The lowest BCUT2D eigenvalue weighted by Crippen LogP contribution is -2.37. The van der Waals surface area contributed by atoms with Crippen LogP contribution in [0, 0.1) is 17.8 Å². The van der Waals surface area contributed by atoms with Crippen molar-refractivity contribution in [2.45, 2.75) is 78.8 Å². The van der Waals surface area contributed by atoms with E-state index in [1.165, 1.54) is 25.7 Å². The average Bonchev–Trinajstić information content (AvgIpc) is 3.17. The number of fused-ring (bicyclic) bond motifs is 3. The van der Waals surface area contributed by atoms with Gasteiger partial charge in [0, 0.05) is 38.4 Å². The summed E-state index contributed by atoms with van der Waals surface area (Å²) < 4.78 is 2.18. The fraction of sp³-hybridized carbons (Fsp3) is 0.680. The highest BCUT2D eigenvalue weighted by molar-refractivity contribution is 5.94. The molecule has 4 heterocycles. The molecule has 5 nitrogen and oxygen atoms in total. The molecule has 1 amide bonds. The molecule has 2 saturated heterocycles. The van der Waals surface area contributed by atoms with Crippen LogP contribution in [0.2, 0.25) is 0 Å². The molecule has 3 aliphatic rings. The van der Waals surface area contributed by atoms with E-state index >= 15 is 0 Å². The van der Waals surface area contributed by atoms with E-state index in [0.717, 1.165) is 55.9 Å². The van der Waals surface area contributed by atoms with E-state index in [-0.39, 0.29) is 5.91 Å². The predicted octanol–water partition coefficient (Wildman–Crippen LogP) is 4.67. The van der Waals surface area contributed by atoms with E-state index < -0.39 is 0 Å². The highest BCUT2D eigenvalue weighted by Gasteiger charge is 2.49. The number of aromatic nitrogens is 2. The van der Waals surface area contributed by atoms with Crippen LogP contribution in [0.5, 0.6) is 0 Å². The smallest absolute Gasteiger partial charge is 0.274 e. The van der Waals surface area contributed by atoms with Gasteiger partial charge >= 0.3 is 0 Å². The van der Waals surface area contributed by atoms with E-state index in [1.807, 2.05) is 4.90 Å². The van der Waals surface area contributed by atoms with Gasteiger partial charge in [0.1, 0.15) is 5.65 Å². The van der Waals surface area contributed by atoms with Gasteiger partial charge in [-0.25, -0.2) is 4.98 Å². The number of amides is 1. The third-order valence-corrected chi connectivity index (χ3v) is 7.67. The summed E-state index contributed by atoms with van der Waals surface area (Å²) in [4.78, 5) is 23.1. The van der Waals surface area contributed by atoms with Gasteiger partial charge < -0.3 is 9.30 Å². The molecule has 5 heteroatoms. The molecule has 162 valence electrons. The summed E-state index contributed by atoms with van der Waals surface area (Å²) in [7, 11) is 0. The van der Waals surface area contributed by atoms with Crippen molar-refractivity contribution in [3.05, 3.63) is 35.3 Å². The zero-order chi connectivity index (χ0) is 21.1. The number of likely N-dealkylation sites (tertiary alicyclic amines) is 2. The number of pyridine rings is 1. The molecular formula is C25H36N4O. The highest BCUT2D eigenvalue weighted by Crippen LogP contribution is 2.52. The maximum absolute atomic E-state index is 13.5. The van der Waals surface area contributed by atoms with Gasteiger partial charge in [0.2, 0.25) is 0 Å². The molecule has 30 heavy (non-hydrogen) atoms. The van der Waals surface area contributed by atoms with Crippen LogP contribution in [0.25, 0.3) is 5.65 Å². The molecule has 3 fully saturated rings. The molecule has 0 N–H and O–H groups in total. The Balaban J connectivity index is 1.52. The number of rotatable bonds is 3. The molecule has 2 aromatic rings. The Morgan fingerprint density at radius 2 is 1.93 bits per heavy atom. The van der Waals surface area contributed by atoms with Gasteiger partial charge in [-0.15, -0.1) is 0 Å². The first-order chi connectivity index (χ1) is 14.2. The fourth-order valence-corrected chi connectivity index (χ4v) is 6.78. The minimum Gasteiger partial charge on any atom is -0.337 e. The van der Waals surface area contributed by atoms with Crippen LogP contribution in [0.3, 0.4) is 0 Å². The largest absolute Gasteiger partial charge is 0.337 e. The second-order valence-corrected chi connectivity index (χ2v) is 11.3. The number of nitrogens with zero attached hydrogens (tertiary/aromatic N) is 4. The van der Waals surface area contributed by atoms with E-state index in [1.54, 1.807) is 0 Å². The summed E-state index contributed by atoms with van der Waals surface area (Å²) in [5.41, 5.74) is 4.61. The molecule has 2 atom stereocenters. The van der Waals surface area contributed by atoms with Crippen molar-refractivity contribution in [3.8, 4) is 0 Å². The number of aryl methyl sites for hydroxylation is 1. The number of hydrogen-bond donors (Lipinski definition) is 0. The minimum absolute atomic E-state index is 0.126. The Kier molecular flexibility index (Phi) is 4.73. The first-order valence-corrected chi connectivity index (χ1v) is 11.7. The lowest BCUT2D eigenvalue weighted by Gasteiger charge is -2.40. The summed E-state index contributed by atoms with van der Waals surface area (Å²) in [5, 5.41) is 0. The number of piperidine rings is 1. The molecule has 0 aromatic carbocycles. The fourth-order valence-electron chi connectivity index (χ4n) is 6.78. The summed E-state index contributed by atoms with van der Waals surface area (Å²) in [6.07, 6.45) is 9.34. The van der Waals surface area contributed by atoms with Gasteiger partial charge in [-0.3, -0.25) is 9.69 Å². The maximum atomic E-state index is 13.5. The Hall–Kier alpha value is -1.88. The molecule has 0 spiro atoms. The summed E-state index contributed by atoms with van der Waals surface area (Å²) in [6.45, 7) is 13.1. The van der Waals surface area contributed by atoms with Gasteiger partial charge in [-0.2, -0.15) is 0 Å². The van der Waals surface area contributed by atoms with Crippen molar-refractivity contribution in [3.63, 3.8) is 0 Å². The lowest BCUT2D eigenvalue weighted by molar-refractivity contribution is 0.0715. The second-order valence-electron chi connectivity index (χ2n) is 11.3. The van der Waals surface area contributed by atoms with Gasteiger partial charge in [-0.05, 0) is 67.9 Å². The van der Waals surface area contributed by atoms with Crippen LogP contribution in [-0.2, 0) is 6.54 Å². The Morgan fingerprint density at radius 3 is 2.70 bits per heavy atom. The van der Waals surface area contributed by atoms with E-state index in [9.17, 15) is 4.79 Å². The summed E-state index contributed by atoms with van der Waals surface area (Å²) in [5.74, 6) is 0.126. The van der Waals surface area contributed by atoms with E-state index in [2.05, 4.69) is 55.3 Å². The Labute approximate surface area is 180 Å². The lowest BCUT2D eigenvalue weighted by atomic mass is 9.65. The van der Waals surface area contributed by atoms with Crippen molar-refractivity contribution >= 4 is 11.6 Å². The zero-order valence-corrected chi connectivity index (χ0v) is 19.1. The van der Waals surface area contributed by atoms with Gasteiger partial charge in [0.25, 0.3) is 5.91 Å². The Morgan fingerprint density at radius 1 is 1.17 bits per heavy atom. The number of imidazole rings is 1. The van der Waals surface area contributed by atoms with Crippen LogP contribution in [0.4, 0.5) is 0 Å². The molecule has 1 aliphatic carbocycles. The molecular weight excluding hydrogens is 372 g/mol. The van der Waals surface area contributed by atoms with Crippen molar-refractivity contribution < 1.29 is 4.79 Å². The first kappa shape index (κ1) is 20.0. The van der Waals surface area contributed by atoms with Crippen molar-refractivity contribution in [2.75, 3.05) is 19.6 Å². The van der Waals surface area contributed by atoms with Crippen molar-refractivity contribution in [1.82, 2.24) is 19.2 Å². The van der Waals surface area contributed by atoms with Crippen LogP contribution >= 0.6 is 0 Å². The van der Waals surface area contributed by atoms with Crippen LogP contribution in [0.1, 0.15) is 81.0 Å². The maximum Gasteiger partial charge on any atom is 0.274 e. The number of hydrogen-bond acceptors (Lipinski definition) is 3. The molecule has 1 saturated carbocycles. The molecule has 0 radical (unpaired) electrons. The third-order valence-electron chi connectivity index (χ3n) is 7.67. The second kappa shape index (κ2) is 7.08. The number of carbonyl (C=O) groups excluding carboxylic acids is 1. The van der Waals surface area contributed by atoms with E-state index in [4.69, 9.17) is 4.98 Å². The molecule has 2 bridgehead atoms.